The van der Waals surface area contributed by atoms with Gasteiger partial charge in [0.25, 0.3) is 5.56 Å². The molecule has 1 saturated heterocycles. The van der Waals surface area contributed by atoms with Crippen LogP contribution in [0.3, 0.4) is 0 Å². The maximum absolute atomic E-state index is 13.5. The Morgan fingerprint density at radius 3 is 2.42 bits per heavy atom. The van der Waals surface area contributed by atoms with E-state index in [9.17, 15) is 24.3 Å². The van der Waals surface area contributed by atoms with E-state index in [0.717, 1.165) is 21.5 Å². The van der Waals surface area contributed by atoms with E-state index in [-0.39, 0.29) is 24.0 Å². The first-order chi connectivity index (χ1) is 26.4. The summed E-state index contributed by atoms with van der Waals surface area (Å²) in [4.78, 5) is 63.6. The summed E-state index contributed by atoms with van der Waals surface area (Å²) >= 11 is 5.97. The fourth-order valence-electron chi connectivity index (χ4n) is 6.39. The van der Waals surface area contributed by atoms with E-state index in [0.29, 0.717) is 88.0 Å². The van der Waals surface area contributed by atoms with Crippen molar-refractivity contribution < 1.29 is 19.5 Å². The van der Waals surface area contributed by atoms with E-state index in [4.69, 9.17) is 11.6 Å². The molecule has 0 spiro atoms. The average molecular weight is 769 g/mol. The van der Waals surface area contributed by atoms with Crippen molar-refractivity contribution in [3.05, 3.63) is 112 Å². The standard InChI is InChI=1S/C31H41N7O5.C10H8ClN/c1-35(2)16-11-28(40)34-25-9-10-26-27(19-25)33-22-38(29(26)41)21-31(43)12-17-36(18-13-31)30(42)37(15-6-14-32-23-39)20-24-7-4-3-5-8-24;1-7-2-3-8-9(11)4-5-12-10(8)6-7/h3-5,7-10,19,22-23,43H,6,11-18,20-21H2,1-2H3,(H,32,39)(H,34,40);2-6H,1H3. The summed E-state index contributed by atoms with van der Waals surface area (Å²) in [5.74, 6) is -0.119. The smallest absolute Gasteiger partial charge is 0.320 e. The lowest BCUT2D eigenvalue weighted by atomic mass is 9.91. The van der Waals surface area contributed by atoms with Gasteiger partial charge in [0.2, 0.25) is 12.3 Å². The number of carbonyl (C=O) groups is 3. The van der Waals surface area contributed by atoms with Gasteiger partial charge >= 0.3 is 6.03 Å². The van der Waals surface area contributed by atoms with Gasteiger partial charge in [-0.3, -0.25) is 23.9 Å². The summed E-state index contributed by atoms with van der Waals surface area (Å²) in [5, 5.41) is 19.0. The number of nitrogens with zero attached hydrogens (tertiary/aromatic N) is 6. The molecule has 1 fully saturated rings. The van der Waals surface area contributed by atoms with E-state index in [2.05, 4.69) is 20.6 Å². The molecule has 0 unspecified atom stereocenters. The zero-order chi connectivity index (χ0) is 39.4. The molecule has 3 aromatic carbocycles. The number of aromatic nitrogens is 3. The van der Waals surface area contributed by atoms with Gasteiger partial charge in [-0.1, -0.05) is 54.1 Å². The van der Waals surface area contributed by atoms with Crippen molar-refractivity contribution >= 4 is 57.4 Å². The summed E-state index contributed by atoms with van der Waals surface area (Å²) < 4.78 is 1.41. The third-order valence-electron chi connectivity index (χ3n) is 9.49. The number of halogens is 1. The summed E-state index contributed by atoms with van der Waals surface area (Å²) in [5.41, 5.74) is 2.75. The Bertz CT molecular complexity index is 2140. The Labute approximate surface area is 325 Å². The second-order valence-electron chi connectivity index (χ2n) is 14.2. The van der Waals surface area contributed by atoms with Gasteiger partial charge in [0, 0.05) is 63.0 Å². The highest BCUT2D eigenvalue weighted by Crippen LogP contribution is 2.26. The number of hydrogen-bond acceptors (Lipinski definition) is 8. The fraction of sp³-hybridized carbons (Fsp3) is 0.366. The molecule has 14 heteroatoms. The number of fused-ring (bicyclic) bond motifs is 2. The fourth-order valence-corrected chi connectivity index (χ4v) is 6.60. The van der Waals surface area contributed by atoms with Crippen LogP contribution in [0.5, 0.6) is 0 Å². The van der Waals surface area contributed by atoms with Crippen LogP contribution in [0.25, 0.3) is 21.8 Å². The number of pyridine rings is 1. The van der Waals surface area contributed by atoms with Gasteiger partial charge in [-0.25, -0.2) is 9.78 Å². The van der Waals surface area contributed by atoms with E-state index >= 15 is 0 Å². The van der Waals surface area contributed by atoms with Crippen LogP contribution >= 0.6 is 11.6 Å². The molecule has 0 radical (unpaired) electrons. The zero-order valence-corrected chi connectivity index (χ0v) is 32.3. The van der Waals surface area contributed by atoms with Crippen LogP contribution < -0.4 is 16.2 Å². The highest BCUT2D eigenvalue weighted by atomic mass is 35.5. The van der Waals surface area contributed by atoms with Gasteiger partial charge in [0.1, 0.15) is 0 Å². The minimum absolute atomic E-state index is 0.0604. The second-order valence-corrected chi connectivity index (χ2v) is 14.6. The molecule has 3 heterocycles. The Hall–Kier alpha value is -5.37. The number of aryl methyl sites for hydroxylation is 1. The van der Waals surface area contributed by atoms with Gasteiger partial charge in [-0.05, 0) is 81.7 Å². The predicted octanol–water partition coefficient (Wildman–Crippen LogP) is 5.07. The molecule has 4 amide bonds. The first kappa shape index (κ1) is 40.8. The van der Waals surface area contributed by atoms with E-state index in [1.165, 1.54) is 16.5 Å². The molecule has 5 aromatic rings. The van der Waals surface area contributed by atoms with Gasteiger partial charge in [-0.2, -0.15) is 0 Å². The maximum atomic E-state index is 13.5. The number of amides is 4. The van der Waals surface area contributed by atoms with Crippen LogP contribution in [-0.4, -0.2) is 105 Å². The Morgan fingerprint density at radius 2 is 1.69 bits per heavy atom. The molecule has 1 aliphatic rings. The molecule has 13 nitrogen and oxygen atoms in total. The highest BCUT2D eigenvalue weighted by molar-refractivity contribution is 6.35. The van der Waals surface area contributed by atoms with Gasteiger partial charge in [0.05, 0.1) is 39.9 Å². The Morgan fingerprint density at radius 1 is 0.964 bits per heavy atom. The number of rotatable bonds is 13. The van der Waals surface area contributed by atoms with Crippen LogP contribution in [-0.2, 0) is 22.7 Å². The van der Waals surface area contributed by atoms with Crippen LogP contribution in [0.2, 0.25) is 5.02 Å². The third kappa shape index (κ3) is 11.6. The van der Waals surface area contributed by atoms with Crippen molar-refractivity contribution in [3.63, 3.8) is 0 Å². The van der Waals surface area contributed by atoms with E-state index in [1.807, 2.05) is 74.4 Å². The van der Waals surface area contributed by atoms with Crippen molar-refractivity contribution in [1.82, 2.24) is 34.6 Å². The topological polar surface area (TPSA) is 153 Å². The summed E-state index contributed by atoms with van der Waals surface area (Å²) in [7, 11) is 3.80. The summed E-state index contributed by atoms with van der Waals surface area (Å²) in [6.07, 6.45) is 5.40. The molecule has 0 aliphatic carbocycles. The molecule has 3 N–H and O–H groups in total. The number of urea groups is 1. The van der Waals surface area contributed by atoms with Crippen molar-refractivity contribution in [3.8, 4) is 0 Å². The zero-order valence-electron chi connectivity index (χ0n) is 31.6. The van der Waals surface area contributed by atoms with Crippen LogP contribution in [0.4, 0.5) is 10.5 Å². The lowest BCUT2D eigenvalue weighted by Crippen LogP contribution is -2.53. The van der Waals surface area contributed by atoms with E-state index in [1.54, 1.807) is 40.3 Å². The molecule has 0 bridgehead atoms. The van der Waals surface area contributed by atoms with Crippen molar-refractivity contribution in [2.45, 2.75) is 51.3 Å². The molecule has 0 atom stereocenters. The van der Waals surface area contributed by atoms with Gasteiger partial charge in [-0.15, -0.1) is 0 Å². The Balaban J connectivity index is 0.000000407. The number of carbonyl (C=O) groups excluding carboxylic acids is 3. The van der Waals surface area contributed by atoms with Crippen molar-refractivity contribution in [2.75, 3.05) is 52.1 Å². The number of benzene rings is 3. The average Bonchev–Trinajstić information content (AvgIpc) is 3.17. The number of likely N-dealkylation sites (tertiary alicyclic amines) is 1. The molecule has 290 valence electrons. The second kappa shape index (κ2) is 19.3. The lowest BCUT2D eigenvalue weighted by Gasteiger charge is -2.40. The number of anilines is 1. The minimum Gasteiger partial charge on any atom is -0.388 e. The first-order valence-corrected chi connectivity index (χ1v) is 18.7. The third-order valence-corrected chi connectivity index (χ3v) is 9.82. The number of hydrogen-bond donors (Lipinski definition) is 3. The molecular weight excluding hydrogens is 720 g/mol. The number of nitrogens with one attached hydrogen (secondary N) is 2. The number of piperidine rings is 1. The lowest BCUT2D eigenvalue weighted by molar-refractivity contribution is -0.116. The molecular formula is C41H49ClN8O5. The molecule has 2 aromatic heterocycles. The summed E-state index contributed by atoms with van der Waals surface area (Å²) in [6.45, 7) is 4.83. The number of aliphatic hydroxyl groups is 1. The molecule has 1 aliphatic heterocycles. The van der Waals surface area contributed by atoms with Gasteiger partial charge < -0.3 is 30.4 Å². The first-order valence-electron chi connectivity index (χ1n) is 18.4. The quantitative estimate of drug-likeness (QED) is 0.111. The highest BCUT2D eigenvalue weighted by Gasteiger charge is 2.36. The normalized spacial score (nSPS) is 13.6. The molecule has 6 rings (SSSR count). The predicted molar refractivity (Wildman–Crippen MR) is 216 cm³/mol. The van der Waals surface area contributed by atoms with E-state index < -0.39 is 5.60 Å². The van der Waals surface area contributed by atoms with Crippen molar-refractivity contribution in [1.29, 1.82) is 0 Å². The largest absolute Gasteiger partial charge is 0.388 e. The van der Waals surface area contributed by atoms with Crippen LogP contribution in [0.1, 0.15) is 36.8 Å². The summed E-state index contributed by atoms with van der Waals surface area (Å²) in [6, 6.07) is 22.5. The minimum atomic E-state index is -1.17. The SMILES string of the molecule is CN(C)CCC(=O)Nc1ccc2c(=O)n(CC3(O)CCN(C(=O)N(CCCNC=O)Cc4ccccc4)CC3)cnc2c1.Cc1ccc2c(Cl)ccnc2c1. The van der Waals surface area contributed by atoms with Crippen LogP contribution in [0.15, 0.2) is 90.1 Å². The van der Waals surface area contributed by atoms with Gasteiger partial charge in [0.15, 0.2) is 0 Å². The molecule has 0 saturated carbocycles. The maximum Gasteiger partial charge on any atom is 0.320 e. The van der Waals surface area contributed by atoms with Crippen molar-refractivity contribution in [2.24, 2.45) is 0 Å². The Kier molecular flexibility index (Phi) is 14.3. The molecule has 55 heavy (non-hydrogen) atoms. The van der Waals surface area contributed by atoms with Crippen LogP contribution in [0, 0.1) is 6.92 Å². The monoisotopic (exact) mass is 768 g/mol.